The van der Waals surface area contributed by atoms with Crippen LogP contribution in [0.5, 0.6) is 11.5 Å². The number of hydrogen-bond donors (Lipinski definition) is 0. The molecule has 21 heavy (non-hydrogen) atoms. The molecule has 0 aromatic heterocycles. The van der Waals surface area contributed by atoms with Gasteiger partial charge < -0.3 is 9.47 Å². The van der Waals surface area contributed by atoms with Gasteiger partial charge in [-0.25, -0.2) is 9.18 Å². The Morgan fingerprint density at radius 3 is 2.48 bits per heavy atom. The quantitative estimate of drug-likeness (QED) is 0.470. The van der Waals surface area contributed by atoms with Crippen molar-refractivity contribution >= 4 is 28.0 Å². The fourth-order valence-corrected chi connectivity index (χ4v) is 1.97. The van der Waals surface area contributed by atoms with Crippen LogP contribution in [0, 0.1) is 5.82 Å². The highest BCUT2D eigenvalue weighted by Crippen LogP contribution is 2.18. The fraction of sp³-hybridized carbons (Fsp3) is 0.0625. The number of rotatable bonds is 4. The highest BCUT2D eigenvalue weighted by Gasteiger charge is 2.03. The van der Waals surface area contributed by atoms with E-state index in [0.717, 1.165) is 4.47 Å². The molecule has 2 aromatic rings. The van der Waals surface area contributed by atoms with Crippen LogP contribution in [0.3, 0.4) is 0 Å². The fourth-order valence-electron chi connectivity index (χ4n) is 1.59. The van der Waals surface area contributed by atoms with Crippen LogP contribution in [0.25, 0.3) is 6.08 Å². The van der Waals surface area contributed by atoms with E-state index in [4.69, 9.17) is 9.47 Å². The van der Waals surface area contributed by atoms with E-state index in [-0.39, 0.29) is 0 Å². The molecule has 0 unspecified atom stereocenters. The van der Waals surface area contributed by atoms with Crippen LogP contribution in [0.15, 0.2) is 53.0 Å². The summed E-state index contributed by atoms with van der Waals surface area (Å²) >= 11 is 3.24. The van der Waals surface area contributed by atoms with E-state index in [2.05, 4.69) is 15.9 Å². The van der Waals surface area contributed by atoms with Crippen molar-refractivity contribution in [2.45, 2.75) is 0 Å². The summed E-state index contributed by atoms with van der Waals surface area (Å²) in [5.74, 6) is 0.0629. The minimum atomic E-state index is -0.584. The van der Waals surface area contributed by atoms with E-state index in [1.165, 1.54) is 18.2 Å². The molecule has 0 aliphatic carbocycles. The van der Waals surface area contributed by atoms with Crippen molar-refractivity contribution in [2.24, 2.45) is 0 Å². The maximum atomic E-state index is 13.5. The van der Waals surface area contributed by atoms with Crippen molar-refractivity contribution in [3.8, 4) is 11.5 Å². The Hall–Kier alpha value is -2.14. The topological polar surface area (TPSA) is 35.5 Å². The van der Waals surface area contributed by atoms with Crippen molar-refractivity contribution in [3.05, 3.63) is 64.4 Å². The third-order valence-electron chi connectivity index (χ3n) is 2.63. The SMILES string of the molecule is COc1ccc(OC(=O)/C=C/c2cc(Br)ccc2F)cc1. The third-order valence-corrected chi connectivity index (χ3v) is 3.13. The number of hydrogen-bond acceptors (Lipinski definition) is 3. The first kappa shape index (κ1) is 15.3. The molecule has 2 aromatic carbocycles. The minimum absolute atomic E-state index is 0.302. The maximum absolute atomic E-state index is 13.5. The van der Waals surface area contributed by atoms with Crippen LogP contribution in [-0.2, 0) is 4.79 Å². The number of halogens is 2. The van der Waals surface area contributed by atoms with Gasteiger partial charge in [0, 0.05) is 16.1 Å². The van der Waals surface area contributed by atoms with Crippen LogP contribution in [0.2, 0.25) is 0 Å². The summed E-state index contributed by atoms with van der Waals surface area (Å²) in [4.78, 5) is 11.7. The van der Waals surface area contributed by atoms with Gasteiger partial charge in [0.15, 0.2) is 0 Å². The first-order valence-electron chi connectivity index (χ1n) is 6.07. The summed E-state index contributed by atoms with van der Waals surface area (Å²) in [5.41, 5.74) is 0.302. The average Bonchev–Trinajstić information content (AvgIpc) is 2.49. The van der Waals surface area contributed by atoms with Crippen LogP contribution in [-0.4, -0.2) is 13.1 Å². The zero-order valence-electron chi connectivity index (χ0n) is 11.2. The summed E-state index contributed by atoms with van der Waals surface area (Å²) in [6.45, 7) is 0. The first-order valence-corrected chi connectivity index (χ1v) is 6.87. The van der Waals surface area contributed by atoms with Gasteiger partial charge in [0.2, 0.25) is 0 Å². The smallest absolute Gasteiger partial charge is 0.336 e. The van der Waals surface area contributed by atoms with Crippen molar-refractivity contribution in [3.63, 3.8) is 0 Å². The Balaban J connectivity index is 2.03. The normalized spacial score (nSPS) is 10.6. The molecular weight excluding hydrogens is 339 g/mol. The number of esters is 1. The average molecular weight is 351 g/mol. The molecular formula is C16H12BrFO3. The van der Waals surface area contributed by atoms with Crippen molar-refractivity contribution in [2.75, 3.05) is 7.11 Å². The molecule has 0 amide bonds. The van der Waals surface area contributed by atoms with Gasteiger partial charge in [0.05, 0.1) is 7.11 Å². The van der Waals surface area contributed by atoms with E-state index < -0.39 is 11.8 Å². The molecule has 0 spiro atoms. The van der Waals surface area contributed by atoms with Crippen LogP contribution >= 0.6 is 15.9 Å². The lowest BCUT2D eigenvalue weighted by Crippen LogP contribution is -2.03. The number of carbonyl (C=O) groups is 1. The van der Waals surface area contributed by atoms with Gasteiger partial charge in [-0.15, -0.1) is 0 Å². The largest absolute Gasteiger partial charge is 0.497 e. The molecule has 3 nitrogen and oxygen atoms in total. The zero-order chi connectivity index (χ0) is 15.2. The lowest BCUT2D eigenvalue weighted by atomic mass is 10.2. The summed E-state index contributed by atoms with van der Waals surface area (Å²) in [6, 6.07) is 11.1. The summed E-state index contributed by atoms with van der Waals surface area (Å²) in [7, 11) is 1.55. The maximum Gasteiger partial charge on any atom is 0.336 e. The molecule has 0 atom stereocenters. The zero-order valence-corrected chi connectivity index (χ0v) is 12.8. The van der Waals surface area contributed by atoms with Crippen LogP contribution in [0.4, 0.5) is 4.39 Å². The molecule has 0 saturated heterocycles. The molecule has 0 fully saturated rings. The van der Waals surface area contributed by atoms with Gasteiger partial charge in [0.25, 0.3) is 0 Å². The van der Waals surface area contributed by atoms with E-state index in [9.17, 15) is 9.18 Å². The molecule has 0 heterocycles. The monoisotopic (exact) mass is 350 g/mol. The Kier molecular flexibility index (Phi) is 5.11. The molecule has 0 bridgehead atoms. The Morgan fingerprint density at radius 1 is 1.14 bits per heavy atom. The lowest BCUT2D eigenvalue weighted by molar-refractivity contribution is -0.128. The summed E-state index contributed by atoms with van der Waals surface area (Å²) in [6.07, 6.45) is 2.54. The summed E-state index contributed by atoms with van der Waals surface area (Å²) in [5, 5.41) is 0. The molecule has 0 N–H and O–H groups in total. The van der Waals surface area contributed by atoms with Gasteiger partial charge in [-0.1, -0.05) is 15.9 Å². The van der Waals surface area contributed by atoms with Crippen molar-refractivity contribution in [1.29, 1.82) is 0 Å². The van der Waals surface area contributed by atoms with Crippen molar-refractivity contribution in [1.82, 2.24) is 0 Å². The van der Waals surface area contributed by atoms with E-state index in [1.807, 2.05) is 0 Å². The second-order valence-electron chi connectivity index (χ2n) is 4.10. The molecule has 0 aliphatic heterocycles. The van der Waals surface area contributed by atoms with Crippen LogP contribution < -0.4 is 9.47 Å². The van der Waals surface area contributed by atoms with Gasteiger partial charge in [-0.3, -0.25) is 0 Å². The second kappa shape index (κ2) is 7.04. The molecule has 2 rings (SSSR count). The van der Waals surface area contributed by atoms with Gasteiger partial charge in [0.1, 0.15) is 17.3 Å². The predicted molar refractivity (Wildman–Crippen MR) is 81.8 cm³/mol. The third kappa shape index (κ3) is 4.43. The van der Waals surface area contributed by atoms with Crippen LogP contribution in [0.1, 0.15) is 5.56 Å². The number of methoxy groups -OCH3 is 1. The number of ether oxygens (including phenoxy) is 2. The minimum Gasteiger partial charge on any atom is -0.497 e. The van der Waals surface area contributed by atoms with E-state index in [0.29, 0.717) is 17.1 Å². The number of carbonyl (C=O) groups excluding carboxylic acids is 1. The predicted octanol–water partition coefficient (Wildman–Crippen LogP) is 4.22. The van der Waals surface area contributed by atoms with Crippen molar-refractivity contribution < 1.29 is 18.7 Å². The van der Waals surface area contributed by atoms with E-state index in [1.54, 1.807) is 43.5 Å². The van der Waals surface area contributed by atoms with Gasteiger partial charge in [-0.2, -0.15) is 0 Å². The molecule has 5 heteroatoms. The second-order valence-corrected chi connectivity index (χ2v) is 5.01. The van der Waals surface area contributed by atoms with Gasteiger partial charge in [-0.05, 0) is 48.5 Å². The molecule has 108 valence electrons. The Labute approximate surface area is 130 Å². The van der Waals surface area contributed by atoms with E-state index >= 15 is 0 Å². The Bertz CT molecular complexity index is 666. The Morgan fingerprint density at radius 2 is 1.81 bits per heavy atom. The molecule has 0 radical (unpaired) electrons. The summed E-state index contributed by atoms with van der Waals surface area (Å²) < 4.78 is 24.3. The molecule has 0 aliphatic rings. The highest BCUT2D eigenvalue weighted by atomic mass is 79.9. The lowest BCUT2D eigenvalue weighted by Gasteiger charge is -2.03. The highest BCUT2D eigenvalue weighted by molar-refractivity contribution is 9.10. The molecule has 0 saturated carbocycles. The number of benzene rings is 2. The standard InChI is InChI=1S/C16H12BrFO3/c1-20-13-4-6-14(7-5-13)21-16(19)9-2-11-10-12(17)3-8-15(11)18/h2-10H,1H3/b9-2+. The first-order chi connectivity index (χ1) is 10.1. The van der Waals surface area contributed by atoms with Gasteiger partial charge >= 0.3 is 5.97 Å².